The number of carboxylic acids is 1. The van der Waals surface area contributed by atoms with Crippen LogP contribution in [0.5, 0.6) is 0 Å². The van der Waals surface area contributed by atoms with Crippen LogP contribution in [-0.4, -0.2) is 34.8 Å². The van der Waals surface area contributed by atoms with Crippen LogP contribution in [-0.2, 0) is 21.9 Å². The summed E-state index contributed by atoms with van der Waals surface area (Å²) >= 11 is 0. The highest BCUT2D eigenvalue weighted by Crippen LogP contribution is 2.20. The average molecular weight is 275 g/mol. The quantitative estimate of drug-likeness (QED) is 0.816. The van der Waals surface area contributed by atoms with Gasteiger partial charge in [-0.05, 0) is 27.7 Å². The predicted molar refractivity (Wildman–Crippen MR) is 64.7 cm³/mol. The lowest BCUT2D eigenvalue weighted by Crippen LogP contribution is -2.49. The van der Waals surface area contributed by atoms with Gasteiger partial charge in [-0.3, -0.25) is 9.48 Å². The van der Waals surface area contributed by atoms with Gasteiger partial charge in [-0.2, -0.15) is 9.82 Å². The first-order valence-corrected chi connectivity index (χ1v) is 6.75. The number of carbonyl (C=O) groups is 1. The number of nitrogens with zero attached hydrogens (tertiary/aromatic N) is 2. The highest BCUT2D eigenvalue weighted by Gasteiger charge is 2.35. The second-order valence-electron chi connectivity index (χ2n) is 4.66. The molecule has 0 saturated heterocycles. The summed E-state index contributed by atoms with van der Waals surface area (Å²) < 4.78 is 28.0. The maximum absolute atomic E-state index is 12.2. The van der Waals surface area contributed by atoms with Crippen molar-refractivity contribution in [3.05, 3.63) is 11.4 Å². The number of aromatic nitrogens is 2. The SMILES string of the molecule is Cc1nn(C)c(C)c1S(=O)(=O)NC(C)(C)C(=O)O. The zero-order chi connectivity index (χ0) is 14.3. The third kappa shape index (κ3) is 2.54. The van der Waals surface area contributed by atoms with E-state index in [-0.39, 0.29) is 4.90 Å². The molecule has 1 aromatic heterocycles. The third-order valence-electron chi connectivity index (χ3n) is 2.64. The molecule has 0 atom stereocenters. The molecule has 0 saturated carbocycles. The third-order valence-corrected chi connectivity index (χ3v) is 4.54. The van der Waals surface area contributed by atoms with Gasteiger partial charge in [0.15, 0.2) is 0 Å². The van der Waals surface area contributed by atoms with Gasteiger partial charge in [-0.1, -0.05) is 0 Å². The highest BCUT2D eigenvalue weighted by molar-refractivity contribution is 7.89. The average Bonchev–Trinajstić information content (AvgIpc) is 2.38. The van der Waals surface area contributed by atoms with Crippen molar-refractivity contribution in [1.82, 2.24) is 14.5 Å². The van der Waals surface area contributed by atoms with Crippen LogP contribution in [0, 0.1) is 13.8 Å². The molecule has 18 heavy (non-hydrogen) atoms. The molecule has 0 spiro atoms. The molecule has 0 aliphatic rings. The molecule has 0 unspecified atom stereocenters. The van der Waals surface area contributed by atoms with Gasteiger partial charge in [-0.25, -0.2) is 8.42 Å². The van der Waals surface area contributed by atoms with Crippen molar-refractivity contribution in [2.75, 3.05) is 0 Å². The van der Waals surface area contributed by atoms with E-state index in [1.165, 1.54) is 18.5 Å². The van der Waals surface area contributed by atoms with Gasteiger partial charge in [0.25, 0.3) is 0 Å². The Morgan fingerprint density at radius 2 is 1.89 bits per heavy atom. The molecule has 0 aliphatic heterocycles. The fourth-order valence-electron chi connectivity index (χ4n) is 1.57. The molecule has 2 N–H and O–H groups in total. The van der Waals surface area contributed by atoms with E-state index in [1.807, 2.05) is 0 Å². The molecule has 1 rings (SSSR count). The van der Waals surface area contributed by atoms with Crippen molar-refractivity contribution in [3.63, 3.8) is 0 Å². The molecular weight excluding hydrogens is 258 g/mol. The molecule has 0 aromatic carbocycles. The zero-order valence-corrected chi connectivity index (χ0v) is 11.8. The van der Waals surface area contributed by atoms with Gasteiger partial charge in [0.2, 0.25) is 10.0 Å². The van der Waals surface area contributed by atoms with E-state index in [1.54, 1.807) is 20.9 Å². The fourth-order valence-corrected chi connectivity index (χ4v) is 3.39. The van der Waals surface area contributed by atoms with E-state index in [9.17, 15) is 13.2 Å². The van der Waals surface area contributed by atoms with Crippen LogP contribution < -0.4 is 4.72 Å². The lowest BCUT2D eigenvalue weighted by atomic mass is 10.1. The van der Waals surface area contributed by atoms with E-state index in [0.29, 0.717) is 11.4 Å². The van der Waals surface area contributed by atoms with Gasteiger partial charge < -0.3 is 5.11 Å². The lowest BCUT2D eigenvalue weighted by molar-refractivity contribution is -0.142. The number of hydrogen-bond acceptors (Lipinski definition) is 4. The maximum atomic E-state index is 12.2. The summed E-state index contributed by atoms with van der Waals surface area (Å²) in [5.74, 6) is -1.25. The number of nitrogens with one attached hydrogen (secondary N) is 1. The fraction of sp³-hybridized carbons (Fsp3) is 0.600. The second kappa shape index (κ2) is 4.36. The van der Waals surface area contributed by atoms with Crippen molar-refractivity contribution in [2.45, 2.75) is 38.1 Å². The minimum atomic E-state index is -3.92. The van der Waals surface area contributed by atoms with Gasteiger partial charge >= 0.3 is 5.97 Å². The summed E-state index contributed by atoms with van der Waals surface area (Å²) in [6.07, 6.45) is 0. The zero-order valence-electron chi connectivity index (χ0n) is 11.0. The van der Waals surface area contributed by atoms with E-state index >= 15 is 0 Å². The van der Waals surface area contributed by atoms with Crippen molar-refractivity contribution >= 4 is 16.0 Å². The minimum Gasteiger partial charge on any atom is -0.480 e. The molecule has 0 aliphatic carbocycles. The molecule has 1 heterocycles. The van der Waals surface area contributed by atoms with Gasteiger partial charge in [0.1, 0.15) is 10.4 Å². The summed E-state index contributed by atoms with van der Waals surface area (Å²) in [6.45, 7) is 5.75. The van der Waals surface area contributed by atoms with E-state index < -0.39 is 21.5 Å². The summed E-state index contributed by atoms with van der Waals surface area (Å²) in [5, 5.41) is 12.9. The van der Waals surface area contributed by atoms with Crippen molar-refractivity contribution in [3.8, 4) is 0 Å². The maximum Gasteiger partial charge on any atom is 0.324 e. The van der Waals surface area contributed by atoms with Crippen LogP contribution in [0.1, 0.15) is 25.2 Å². The van der Waals surface area contributed by atoms with E-state index in [0.717, 1.165) is 0 Å². The largest absolute Gasteiger partial charge is 0.480 e. The molecule has 0 amide bonds. The predicted octanol–water partition coefficient (Wildman–Crippen LogP) is 0.178. The molecular formula is C10H17N3O4S. The Balaban J connectivity index is 3.28. The van der Waals surface area contributed by atoms with E-state index in [2.05, 4.69) is 9.82 Å². The Bertz CT molecular complexity index is 587. The van der Waals surface area contributed by atoms with Gasteiger partial charge in [0, 0.05) is 7.05 Å². The van der Waals surface area contributed by atoms with Crippen LogP contribution >= 0.6 is 0 Å². The Kier molecular flexibility index (Phi) is 3.55. The Labute approximate surface area is 106 Å². The smallest absolute Gasteiger partial charge is 0.324 e. The summed E-state index contributed by atoms with van der Waals surface area (Å²) in [4.78, 5) is 11.0. The Morgan fingerprint density at radius 1 is 1.39 bits per heavy atom. The number of aryl methyl sites for hydroxylation is 2. The van der Waals surface area contributed by atoms with Crippen molar-refractivity contribution in [1.29, 1.82) is 0 Å². The second-order valence-corrected chi connectivity index (χ2v) is 6.28. The van der Waals surface area contributed by atoms with Crippen LogP contribution in [0.2, 0.25) is 0 Å². The summed E-state index contributed by atoms with van der Waals surface area (Å²) in [7, 11) is -2.29. The molecule has 1 aromatic rings. The Morgan fingerprint density at radius 3 is 2.22 bits per heavy atom. The van der Waals surface area contributed by atoms with E-state index in [4.69, 9.17) is 5.11 Å². The monoisotopic (exact) mass is 275 g/mol. The molecule has 8 heteroatoms. The summed E-state index contributed by atoms with van der Waals surface area (Å²) in [5.41, 5.74) is -0.780. The Hall–Kier alpha value is -1.41. The van der Waals surface area contributed by atoms with Gasteiger partial charge in [-0.15, -0.1) is 0 Å². The molecule has 0 bridgehead atoms. The molecule has 0 fully saturated rings. The number of rotatable bonds is 4. The standard InChI is InChI=1S/C10H17N3O4S/c1-6-8(7(2)13(5)11-6)18(16,17)12-10(3,4)9(14)15/h12H,1-5H3,(H,14,15). The molecule has 0 radical (unpaired) electrons. The first-order chi connectivity index (χ1) is 7.99. The minimum absolute atomic E-state index is 0.0272. The first kappa shape index (κ1) is 14.7. The summed E-state index contributed by atoms with van der Waals surface area (Å²) in [6, 6.07) is 0. The van der Waals surface area contributed by atoms with Crippen LogP contribution in [0.4, 0.5) is 0 Å². The van der Waals surface area contributed by atoms with Crippen LogP contribution in [0.3, 0.4) is 0 Å². The number of hydrogen-bond donors (Lipinski definition) is 2. The first-order valence-electron chi connectivity index (χ1n) is 5.26. The van der Waals surface area contributed by atoms with Crippen molar-refractivity contribution < 1.29 is 18.3 Å². The number of aliphatic carboxylic acids is 1. The number of carboxylic acid groups (broad SMARTS) is 1. The van der Waals surface area contributed by atoms with Crippen molar-refractivity contribution in [2.24, 2.45) is 7.05 Å². The molecule has 7 nitrogen and oxygen atoms in total. The molecule has 102 valence electrons. The lowest BCUT2D eigenvalue weighted by Gasteiger charge is -2.20. The number of sulfonamides is 1. The normalized spacial score (nSPS) is 12.7. The van der Waals surface area contributed by atoms with Crippen LogP contribution in [0.25, 0.3) is 0 Å². The van der Waals surface area contributed by atoms with Gasteiger partial charge in [0.05, 0.1) is 11.4 Å². The topological polar surface area (TPSA) is 101 Å². The van der Waals surface area contributed by atoms with Crippen LogP contribution in [0.15, 0.2) is 4.90 Å². The highest BCUT2D eigenvalue weighted by atomic mass is 32.2.